The summed E-state index contributed by atoms with van der Waals surface area (Å²) in [5.41, 5.74) is 0.108. The lowest BCUT2D eigenvalue weighted by Crippen LogP contribution is -1.98. The van der Waals surface area contributed by atoms with E-state index in [1.54, 1.807) is 12.1 Å². The van der Waals surface area contributed by atoms with Gasteiger partial charge in [-0.3, -0.25) is 4.55 Å². The largest absolute Gasteiger partial charge is 0.463 e. The monoisotopic (exact) mass is 268 g/mol. The second kappa shape index (κ2) is 4.02. The predicted octanol–water partition coefficient (Wildman–Crippen LogP) is 2.75. The van der Waals surface area contributed by atoms with E-state index in [0.29, 0.717) is 5.39 Å². The van der Waals surface area contributed by atoms with E-state index in [1.165, 1.54) is 6.26 Å². The molecule has 1 aromatic heterocycles. The van der Waals surface area contributed by atoms with Crippen molar-refractivity contribution in [1.82, 2.24) is 0 Å². The minimum atomic E-state index is -4.30. The summed E-state index contributed by atoms with van der Waals surface area (Å²) >= 11 is 5.67. The van der Waals surface area contributed by atoms with Gasteiger partial charge in [-0.1, -0.05) is 11.6 Å². The average molecular weight is 269 g/mol. The van der Waals surface area contributed by atoms with Gasteiger partial charge in [0.25, 0.3) is 10.1 Å². The second-order valence-electron chi connectivity index (χ2n) is 2.72. The van der Waals surface area contributed by atoms with Crippen LogP contribution in [0.1, 0.15) is 0 Å². The molecule has 1 aromatic carbocycles. The molecule has 1 heterocycles. The molecule has 0 spiro atoms. The number of furan rings is 1. The van der Waals surface area contributed by atoms with Gasteiger partial charge in [-0.25, -0.2) is 0 Å². The molecular weight excluding hydrogens is 263 g/mol. The van der Waals surface area contributed by atoms with E-state index < -0.39 is 10.1 Å². The third-order valence-corrected chi connectivity index (χ3v) is 2.84. The van der Waals surface area contributed by atoms with Gasteiger partial charge >= 0.3 is 0 Å². The van der Waals surface area contributed by atoms with Crippen molar-refractivity contribution in [2.24, 2.45) is 0 Å². The molecule has 0 aliphatic heterocycles. The lowest BCUT2D eigenvalue weighted by Gasteiger charge is -1.98. The van der Waals surface area contributed by atoms with Crippen LogP contribution in [0.5, 0.6) is 0 Å². The van der Waals surface area contributed by atoms with E-state index in [9.17, 15) is 8.42 Å². The zero-order valence-corrected chi connectivity index (χ0v) is 9.56. The summed E-state index contributed by atoms with van der Waals surface area (Å²) in [6.07, 6.45) is 1.33. The number of fused-ring (bicyclic) bond motifs is 1. The highest BCUT2D eigenvalue weighted by Crippen LogP contribution is 2.27. The molecule has 0 amide bonds. The summed E-state index contributed by atoms with van der Waals surface area (Å²) < 4.78 is 35.7. The minimum Gasteiger partial charge on any atom is -0.463 e. The Morgan fingerprint density at radius 3 is 2.60 bits per heavy atom. The zero-order chi connectivity index (χ0) is 10.3. The summed E-state index contributed by atoms with van der Waals surface area (Å²) in [5, 5.41) is 0.761. The SMILES string of the molecule is Cl.O=S(=O)(O)c1cc(Cl)cc2ccoc12. The highest BCUT2D eigenvalue weighted by Gasteiger charge is 2.17. The first-order chi connectivity index (χ1) is 6.48. The van der Waals surface area contributed by atoms with E-state index in [4.69, 9.17) is 20.6 Å². The predicted molar refractivity (Wildman–Crippen MR) is 58.3 cm³/mol. The van der Waals surface area contributed by atoms with Gasteiger partial charge < -0.3 is 4.42 Å². The van der Waals surface area contributed by atoms with Crippen LogP contribution in [0.3, 0.4) is 0 Å². The Bertz CT molecular complexity index is 588. The van der Waals surface area contributed by atoms with E-state index in [1.807, 2.05) is 0 Å². The number of hydrogen-bond acceptors (Lipinski definition) is 3. The Labute approximate surface area is 97.0 Å². The van der Waals surface area contributed by atoms with Crippen molar-refractivity contribution in [3.63, 3.8) is 0 Å². The first kappa shape index (κ1) is 12.3. The summed E-state index contributed by atoms with van der Waals surface area (Å²) in [7, 11) is -4.30. The third kappa shape index (κ3) is 2.26. The number of halogens is 2. The fourth-order valence-electron chi connectivity index (χ4n) is 1.21. The van der Waals surface area contributed by atoms with Crippen LogP contribution in [-0.4, -0.2) is 13.0 Å². The molecule has 1 N–H and O–H groups in total. The molecular formula is C8H6Cl2O4S. The van der Waals surface area contributed by atoms with Gasteiger partial charge in [0.15, 0.2) is 5.58 Å². The Hall–Kier alpha value is -0.750. The minimum absolute atomic E-state index is 0. The molecule has 0 unspecified atom stereocenters. The standard InChI is InChI=1S/C8H5ClO4S.ClH/c9-6-3-5-1-2-13-8(5)7(4-6)14(10,11)12;/h1-4H,(H,10,11,12);1H. The molecule has 0 saturated carbocycles. The summed E-state index contributed by atoms with van der Waals surface area (Å²) in [5.74, 6) is 0. The van der Waals surface area contributed by atoms with E-state index in [0.717, 1.165) is 6.07 Å². The van der Waals surface area contributed by atoms with Gasteiger partial charge in [0, 0.05) is 10.4 Å². The number of rotatable bonds is 1. The van der Waals surface area contributed by atoms with Crippen LogP contribution in [-0.2, 0) is 10.1 Å². The first-order valence-electron chi connectivity index (χ1n) is 3.63. The molecule has 82 valence electrons. The molecule has 0 radical (unpaired) electrons. The Morgan fingerprint density at radius 2 is 2.00 bits per heavy atom. The summed E-state index contributed by atoms with van der Waals surface area (Å²) in [4.78, 5) is -0.315. The number of hydrogen-bond donors (Lipinski definition) is 1. The lowest BCUT2D eigenvalue weighted by molar-refractivity contribution is 0.481. The molecule has 0 atom stereocenters. The van der Waals surface area contributed by atoms with Crippen molar-refractivity contribution in [3.8, 4) is 0 Å². The second-order valence-corrected chi connectivity index (χ2v) is 4.54. The van der Waals surface area contributed by atoms with Crippen LogP contribution in [0, 0.1) is 0 Å². The van der Waals surface area contributed by atoms with Crippen molar-refractivity contribution in [3.05, 3.63) is 29.5 Å². The topological polar surface area (TPSA) is 67.5 Å². The molecule has 0 aliphatic rings. The van der Waals surface area contributed by atoms with Gasteiger partial charge in [-0.2, -0.15) is 8.42 Å². The van der Waals surface area contributed by atoms with Crippen molar-refractivity contribution in [1.29, 1.82) is 0 Å². The van der Waals surface area contributed by atoms with Crippen molar-refractivity contribution in [2.45, 2.75) is 4.90 Å². The highest BCUT2D eigenvalue weighted by atomic mass is 35.5. The highest BCUT2D eigenvalue weighted by molar-refractivity contribution is 7.86. The molecule has 4 nitrogen and oxygen atoms in total. The van der Waals surface area contributed by atoms with Crippen molar-refractivity contribution >= 4 is 45.1 Å². The van der Waals surface area contributed by atoms with Crippen LogP contribution >= 0.6 is 24.0 Å². The average Bonchev–Trinajstić information content (AvgIpc) is 2.47. The molecule has 0 bridgehead atoms. The van der Waals surface area contributed by atoms with Crippen LogP contribution < -0.4 is 0 Å². The molecule has 7 heteroatoms. The normalized spacial score (nSPS) is 11.3. The fourth-order valence-corrected chi connectivity index (χ4v) is 2.17. The summed E-state index contributed by atoms with van der Waals surface area (Å²) in [6.45, 7) is 0. The smallest absolute Gasteiger partial charge is 0.298 e. The van der Waals surface area contributed by atoms with Crippen LogP contribution in [0.2, 0.25) is 5.02 Å². The maximum Gasteiger partial charge on any atom is 0.298 e. The first-order valence-corrected chi connectivity index (χ1v) is 5.44. The maximum atomic E-state index is 10.9. The van der Waals surface area contributed by atoms with Gasteiger partial charge in [0.05, 0.1) is 6.26 Å². The molecule has 15 heavy (non-hydrogen) atoms. The van der Waals surface area contributed by atoms with Crippen molar-refractivity contribution in [2.75, 3.05) is 0 Å². The third-order valence-electron chi connectivity index (χ3n) is 1.76. The molecule has 0 saturated heterocycles. The molecule has 0 fully saturated rings. The van der Waals surface area contributed by atoms with Gasteiger partial charge in [0.2, 0.25) is 0 Å². The van der Waals surface area contributed by atoms with Crippen LogP contribution in [0.25, 0.3) is 11.0 Å². The van der Waals surface area contributed by atoms with E-state index in [-0.39, 0.29) is 27.9 Å². The zero-order valence-electron chi connectivity index (χ0n) is 7.18. The quantitative estimate of drug-likeness (QED) is 0.808. The Balaban J connectivity index is 0.00000112. The molecule has 2 rings (SSSR count). The Kier molecular flexibility index (Phi) is 3.30. The van der Waals surface area contributed by atoms with E-state index >= 15 is 0 Å². The van der Waals surface area contributed by atoms with Gasteiger partial charge in [-0.15, -0.1) is 12.4 Å². The maximum absolute atomic E-state index is 10.9. The van der Waals surface area contributed by atoms with E-state index in [2.05, 4.69) is 0 Å². The number of benzene rings is 1. The molecule has 2 aromatic rings. The lowest BCUT2D eigenvalue weighted by atomic mass is 10.2. The van der Waals surface area contributed by atoms with Crippen molar-refractivity contribution < 1.29 is 17.4 Å². The molecule has 0 aliphatic carbocycles. The van der Waals surface area contributed by atoms with Gasteiger partial charge in [0.1, 0.15) is 4.90 Å². The van der Waals surface area contributed by atoms with Crippen LogP contribution in [0.4, 0.5) is 0 Å². The summed E-state index contributed by atoms with van der Waals surface area (Å²) in [6, 6.07) is 4.26. The Morgan fingerprint density at radius 1 is 1.33 bits per heavy atom. The fraction of sp³-hybridized carbons (Fsp3) is 0. The van der Waals surface area contributed by atoms with Crippen LogP contribution in [0.15, 0.2) is 33.8 Å². The van der Waals surface area contributed by atoms with Gasteiger partial charge in [-0.05, 0) is 18.2 Å².